The highest BCUT2D eigenvalue weighted by Crippen LogP contribution is 2.13. The molecule has 0 aliphatic carbocycles. The Balaban J connectivity index is 2.14. The highest BCUT2D eigenvalue weighted by molar-refractivity contribution is 5.94. The van der Waals surface area contributed by atoms with E-state index in [-0.39, 0.29) is 11.5 Å². The normalized spacial score (nSPS) is 20.7. The summed E-state index contributed by atoms with van der Waals surface area (Å²) in [6, 6.07) is 1.15. The van der Waals surface area contributed by atoms with Crippen molar-refractivity contribution in [2.24, 2.45) is 0 Å². The fourth-order valence-corrected chi connectivity index (χ4v) is 1.64. The number of amides is 1. The summed E-state index contributed by atoms with van der Waals surface area (Å²) in [4.78, 5) is 16.9. The Morgan fingerprint density at radius 3 is 3.00 bits per heavy atom. The van der Waals surface area contributed by atoms with E-state index in [2.05, 4.69) is 4.98 Å². The highest BCUT2D eigenvalue weighted by atomic mass is 19.1. The van der Waals surface area contributed by atoms with Crippen LogP contribution in [0.2, 0.25) is 0 Å². The summed E-state index contributed by atoms with van der Waals surface area (Å²) >= 11 is 0. The summed E-state index contributed by atoms with van der Waals surface area (Å²) in [5.41, 5.74) is 0.226. The lowest BCUT2D eigenvalue weighted by molar-refractivity contribution is 0.0764. The average molecular weight is 210 g/mol. The van der Waals surface area contributed by atoms with Crippen LogP contribution in [-0.4, -0.2) is 40.1 Å². The number of β-amino-alcohol motifs (C(OH)–C–C–N with tert-alkyl or cyclic N) is 1. The molecule has 1 aliphatic rings. The van der Waals surface area contributed by atoms with E-state index in [0.29, 0.717) is 19.5 Å². The van der Waals surface area contributed by atoms with Crippen molar-refractivity contribution in [3.05, 3.63) is 29.8 Å². The van der Waals surface area contributed by atoms with Gasteiger partial charge in [-0.2, -0.15) is 0 Å². The first-order chi connectivity index (χ1) is 7.16. The van der Waals surface area contributed by atoms with Crippen molar-refractivity contribution in [3.63, 3.8) is 0 Å². The summed E-state index contributed by atoms with van der Waals surface area (Å²) in [6.07, 6.45) is 2.50. The first-order valence-electron chi connectivity index (χ1n) is 4.74. The highest BCUT2D eigenvalue weighted by Gasteiger charge is 2.25. The summed E-state index contributed by atoms with van der Waals surface area (Å²) in [5.74, 6) is -0.806. The number of aliphatic hydroxyl groups is 1. The van der Waals surface area contributed by atoms with Crippen LogP contribution in [0.3, 0.4) is 0 Å². The van der Waals surface area contributed by atoms with Gasteiger partial charge in [0.15, 0.2) is 0 Å². The Bertz CT molecular complexity index is 383. The smallest absolute Gasteiger partial charge is 0.255 e. The number of aliphatic hydroxyl groups excluding tert-OH is 1. The second kappa shape index (κ2) is 3.94. The van der Waals surface area contributed by atoms with E-state index in [1.54, 1.807) is 0 Å². The van der Waals surface area contributed by atoms with Gasteiger partial charge >= 0.3 is 0 Å². The minimum Gasteiger partial charge on any atom is -0.391 e. The van der Waals surface area contributed by atoms with Gasteiger partial charge in [0.05, 0.1) is 17.9 Å². The van der Waals surface area contributed by atoms with Crippen LogP contribution in [0, 0.1) is 5.82 Å². The summed E-state index contributed by atoms with van der Waals surface area (Å²) < 4.78 is 12.8. The van der Waals surface area contributed by atoms with Crippen LogP contribution in [0.5, 0.6) is 0 Å². The van der Waals surface area contributed by atoms with E-state index in [0.717, 1.165) is 12.3 Å². The number of likely N-dealkylation sites (tertiary alicyclic amines) is 1. The second-order valence-corrected chi connectivity index (χ2v) is 3.59. The summed E-state index contributed by atoms with van der Waals surface area (Å²) in [5, 5.41) is 9.27. The van der Waals surface area contributed by atoms with Crippen molar-refractivity contribution >= 4 is 5.91 Å². The number of halogens is 1. The molecular formula is C10H11FN2O2. The van der Waals surface area contributed by atoms with E-state index in [9.17, 15) is 14.3 Å². The number of hydrogen-bond donors (Lipinski definition) is 1. The van der Waals surface area contributed by atoms with E-state index in [1.165, 1.54) is 11.1 Å². The van der Waals surface area contributed by atoms with Gasteiger partial charge in [-0.05, 0) is 12.5 Å². The Labute approximate surface area is 86.4 Å². The molecule has 5 heteroatoms. The SMILES string of the molecule is O=C(c1cncc(F)c1)N1CCC(O)C1. The lowest BCUT2D eigenvalue weighted by atomic mass is 10.2. The van der Waals surface area contributed by atoms with Gasteiger partial charge < -0.3 is 10.0 Å². The van der Waals surface area contributed by atoms with E-state index >= 15 is 0 Å². The van der Waals surface area contributed by atoms with Crippen LogP contribution in [0.15, 0.2) is 18.5 Å². The van der Waals surface area contributed by atoms with Crippen LogP contribution >= 0.6 is 0 Å². The predicted molar refractivity (Wildman–Crippen MR) is 50.7 cm³/mol. The Morgan fingerprint density at radius 1 is 1.60 bits per heavy atom. The van der Waals surface area contributed by atoms with Crippen molar-refractivity contribution in [1.82, 2.24) is 9.88 Å². The molecule has 1 aliphatic heterocycles. The zero-order valence-electron chi connectivity index (χ0n) is 8.06. The summed E-state index contributed by atoms with van der Waals surface area (Å²) in [7, 11) is 0. The molecule has 1 saturated heterocycles. The van der Waals surface area contributed by atoms with E-state index in [4.69, 9.17) is 0 Å². The Hall–Kier alpha value is -1.49. The average Bonchev–Trinajstić information content (AvgIpc) is 2.64. The van der Waals surface area contributed by atoms with E-state index in [1.807, 2.05) is 0 Å². The quantitative estimate of drug-likeness (QED) is 0.731. The minimum atomic E-state index is -0.527. The molecule has 0 aromatic carbocycles. The molecule has 0 saturated carbocycles. The second-order valence-electron chi connectivity index (χ2n) is 3.59. The van der Waals surface area contributed by atoms with Crippen molar-refractivity contribution in [2.45, 2.75) is 12.5 Å². The fourth-order valence-electron chi connectivity index (χ4n) is 1.64. The number of aromatic nitrogens is 1. The third-order valence-corrected chi connectivity index (χ3v) is 2.40. The predicted octanol–water partition coefficient (Wildman–Crippen LogP) is 0.428. The molecule has 0 spiro atoms. The first kappa shape index (κ1) is 10.0. The number of carbonyl (C=O) groups is 1. The van der Waals surface area contributed by atoms with Crippen LogP contribution in [-0.2, 0) is 0 Å². The lowest BCUT2D eigenvalue weighted by Crippen LogP contribution is -2.29. The zero-order chi connectivity index (χ0) is 10.8. The molecule has 2 rings (SSSR count). The molecule has 15 heavy (non-hydrogen) atoms. The van der Waals surface area contributed by atoms with Gasteiger partial charge in [0.2, 0.25) is 0 Å². The van der Waals surface area contributed by atoms with Gasteiger partial charge in [0.1, 0.15) is 5.82 Å². The van der Waals surface area contributed by atoms with Gasteiger partial charge in [-0.25, -0.2) is 4.39 Å². The number of rotatable bonds is 1. The molecule has 0 radical (unpaired) electrons. The summed E-state index contributed by atoms with van der Waals surface area (Å²) in [6.45, 7) is 0.825. The van der Waals surface area contributed by atoms with Crippen molar-refractivity contribution in [3.8, 4) is 0 Å². The van der Waals surface area contributed by atoms with Gasteiger partial charge in [-0.15, -0.1) is 0 Å². The number of nitrogens with zero attached hydrogens (tertiary/aromatic N) is 2. The van der Waals surface area contributed by atoms with E-state index < -0.39 is 11.9 Å². The number of pyridine rings is 1. The maximum atomic E-state index is 12.8. The van der Waals surface area contributed by atoms with Crippen molar-refractivity contribution in [1.29, 1.82) is 0 Å². The topological polar surface area (TPSA) is 53.4 Å². The third kappa shape index (κ3) is 2.12. The first-order valence-corrected chi connectivity index (χ1v) is 4.74. The standard InChI is InChI=1S/C10H11FN2O2/c11-8-3-7(4-12-5-8)10(15)13-2-1-9(14)6-13/h3-5,9,14H,1-2,6H2. The molecule has 0 bridgehead atoms. The Kier molecular flexibility index (Phi) is 2.64. The van der Waals surface area contributed by atoms with Crippen LogP contribution in [0.25, 0.3) is 0 Å². The van der Waals surface area contributed by atoms with Crippen LogP contribution in [0.1, 0.15) is 16.8 Å². The molecule has 80 valence electrons. The molecule has 4 nitrogen and oxygen atoms in total. The molecule has 1 atom stereocenters. The van der Waals surface area contributed by atoms with Gasteiger partial charge in [-0.1, -0.05) is 0 Å². The number of carbonyl (C=O) groups excluding carboxylic acids is 1. The molecular weight excluding hydrogens is 199 g/mol. The third-order valence-electron chi connectivity index (χ3n) is 2.40. The molecule has 1 fully saturated rings. The van der Waals surface area contributed by atoms with Crippen molar-refractivity contribution in [2.75, 3.05) is 13.1 Å². The maximum Gasteiger partial charge on any atom is 0.255 e. The largest absolute Gasteiger partial charge is 0.391 e. The lowest BCUT2D eigenvalue weighted by Gasteiger charge is -2.14. The van der Waals surface area contributed by atoms with Crippen LogP contribution in [0.4, 0.5) is 4.39 Å². The molecule has 1 unspecified atom stereocenters. The number of hydrogen-bond acceptors (Lipinski definition) is 3. The maximum absolute atomic E-state index is 12.8. The zero-order valence-corrected chi connectivity index (χ0v) is 8.06. The van der Waals surface area contributed by atoms with Crippen molar-refractivity contribution < 1.29 is 14.3 Å². The Morgan fingerprint density at radius 2 is 2.40 bits per heavy atom. The van der Waals surface area contributed by atoms with Crippen LogP contribution < -0.4 is 0 Å². The van der Waals surface area contributed by atoms with Gasteiger partial charge in [0.25, 0.3) is 5.91 Å². The fraction of sp³-hybridized carbons (Fsp3) is 0.400. The molecule has 1 amide bonds. The molecule has 1 aromatic heterocycles. The molecule has 2 heterocycles. The van der Waals surface area contributed by atoms with Gasteiger partial charge in [-0.3, -0.25) is 9.78 Å². The van der Waals surface area contributed by atoms with Gasteiger partial charge in [0, 0.05) is 19.3 Å². The molecule has 1 aromatic rings. The monoisotopic (exact) mass is 210 g/mol. The molecule has 1 N–H and O–H groups in total. The minimum absolute atomic E-state index is 0.226.